The first-order valence-electron chi connectivity index (χ1n) is 14.7. The summed E-state index contributed by atoms with van der Waals surface area (Å²) >= 11 is 0. The van der Waals surface area contributed by atoms with Gasteiger partial charge >= 0.3 is 12.1 Å². The van der Waals surface area contributed by atoms with E-state index in [2.05, 4.69) is 22.3 Å². The van der Waals surface area contributed by atoms with E-state index in [0.29, 0.717) is 12.0 Å². The van der Waals surface area contributed by atoms with Gasteiger partial charge in [0, 0.05) is 13.0 Å². The van der Waals surface area contributed by atoms with Crippen molar-refractivity contribution in [3.05, 3.63) is 34.9 Å². The Bertz CT molecular complexity index is 1070. The number of benzene rings is 1. The van der Waals surface area contributed by atoms with E-state index in [1.807, 2.05) is 32.0 Å². The van der Waals surface area contributed by atoms with E-state index in [1.54, 1.807) is 20.8 Å². The van der Waals surface area contributed by atoms with E-state index in [4.69, 9.17) is 10.5 Å². The molecule has 0 radical (unpaired) electrons. The Kier molecular flexibility index (Phi) is 15.6. The van der Waals surface area contributed by atoms with Crippen molar-refractivity contribution in [1.29, 1.82) is 0 Å². The molecule has 11 nitrogen and oxygen atoms in total. The Morgan fingerprint density at radius 3 is 2.24 bits per heavy atom. The minimum Gasteiger partial charge on any atom is -0.468 e. The highest BCUT2D eigenvalue weighted by Crippen LogP contribution is 2.28. The summed E-state index contributed by atoms with van der Waals surface area (Å²) in [7, 11) is 1.22. The lowest BCUT2D eigenvalue weighted by molar-refractivity contribution is -0.145. The van der Waals surface area contributed by atoms with Crippen molar-refractivity contribution < 1.29 is 33.4 Å². The number of alkyl carbamates (subject to hydrolysis) is 1. The number of unbranched alkanes of at least 4 members (excludes halogenated alkanes) is 5. The van der Waals surface area contributed by atoms with Crippen molar-refractivity contribution in [2.75, 3.05) is 20.2 Å². The average Bonchev–Trinajstić information content (AvgIpc) is 2.90. The molecule has 11 heteroatoms. The number of carbonyl (C=O) groups is 5. The van der Waals surface area contributed by atoms with Gasteiger partial charge in [-0.2, -0.15) is 0 Å². The number of rotatable bonds is 17. The first kappa shape index (κ1) is 36.4. The highest BCUT2D eigenvalue weighted by Gasteiger charge is 2.37. The van der Waals surface area contributed by atoms with Crippen LogP contribution in [0.15, 0.2) is 18.2 Å². The Morgan fingerprint density at radius 1 is 1.00 bits per heavy atom. The van der Waals surface area contributed by atoms with Crippen LogP contribution in [0.4, 0.5) is 4.79 Å². The number of primary amides is 1. The molecule has 0 aromatic heterocycles. The number of nitrogens with two attached hydrogens (primary N) is 1. The smallest absolute Gasteiger partial charge is 0.408 e. The van der Waals surface area contributed by atoms with Gasteiger partial charge in [-0.25, -0.2) is 4.79 Å². The van der Waals surface area contributed by atoms with Gasteiger partial charge in [-0.05, 0) is 58.6 Å². The second kappa shape index (κ2) is 18.0. The third-order valence-corrected chi connectivity index (χ3v) is 6.63. The largest absolute Gasteiger partial charge is 0.468 e. The van der Waals surface area contributed by atoms with Crippen LogP contribution in [0, 0.1) is 13.8 Å². The standard InChI is InChI=1S/C31H50N4O7/c1-8-9-10-11-12-13-18-35(29(39)24(16-17-25(32)36)34-30(40)42-31(4,5)6)27(28(38)33-20-26(37)41-7)23-19-21(2)14-15-22(23)3/h14-15,19,24,27H,8-13,16-18,20H2,1-7H3,(H2,32,36)(H,33,38)(H,34,40). The molecule has 0 aliphatic carbocycles. The molecule has 2 atom stereocenters. The summed E-state index contributed by atoms with van der Waals surface area (Å²) in [6.07, 6.45) is 4.60. The van der Waals surface area contributed by atoms with Crippen molar-refractivity contribution in [1.82, 2.24) is 15.5 Å². The van der Waals surface area contributed by atoms with E-state index >= 15 is 0 Å². The van der Waals surface area contributed by atoms with E-state index in [-0.39, 0.29) is 25.9 Å². The number of ether oxygens (including phenoxy) is 2. The quantitative estimate of drug-likeness (QED) is 0.183. The van der Waals surface area contributed by atoms with Gasteiger partial charge in [0.05, 0.1) is 7.11 Å². The zero-order valence-corrected chi connectivity index (χ0v) is 26.3. The van der Waals surface area contributed by atoms with Gasteiger partial charge < -0.3 is 30.7 Å². The fraction of sp³-hybridized carbons (Fsp3) is 0.645. The fourth-order valence-electron chi connectivity index (χ4n) is 4.46. The van der Waals surface area contributed by atoms with Crippen molar-refractivity contribution in [2.45, 2.75) is 111 Å². The van der Waals surface area contributed by atoms with Gasteiger partial charge in [0.15, 0.2) is 0 Å². The lowest BCUT2D eigenvalue weighted by atomic mass is 9.95. The molecule has 0 fully saturated rings. The maximum absolute atomic E-state index is 14.3. The second-order valence-corrected chi connectivity index (χ2v) is 11.6. The lowest BCUT2D eigenvalue weighted by Crippen LogP contribution is -2.53. The third kappa shape index (κ3) is 13.4. The molecule has 0 bridgehead atoms. The minimum atomic E-state index is -1.19. The van der Waals surface area contributed by atoms with Gasteiger partial charge in [-0.15, -0.1) is 0 Å². The summed E-state index contributed by atoms with van der Waals surface area (Å²) in [5.74, 6) is -2.40. The summed E-state index contributed by atoms with van der Waals surface area (Å²) in [4.78, 5) is 65.7. The zero-order chi connectivity index (χ0) is 31.9. The summed E-state index contributed by atoms with van der Waals surface area (Å²) in [6.45, 7) is 10.8. The Balaban J connectivity index is 3.56. The van der Waals surface area contributed by atoms with Crippen LogP contribution in [0.3, 0.4) is 0 Å². The minimum absolute atomic E-state index is 0.0797. The Morgan fingerprint density at radius 2 is 1.64 bits per heavy atom. The number of nitrogens with one attached hydrogen (secondary N) is 2. The maximum atomic E-state index is 14.3. The van der Waals surface area contributed by atoms with Crippen LogP contribution in [0.2, 0.25) is 0 Å². The molecule has 0 aliphatic rings. The average molecular weight is 591 g/mol. The SMILES string of the molecule is CCCCCCCCN(C(=O)C(CCC(N)=O)NC(=O)OC(C)(C)C)C(C(=O)NCC(=O)OC)c1cc(C)ccc1C. The molecular formula is C31H50N4O7. The molecule has 2 unspecified atom stereocenters. The van der Waals surface area contributed by atoms with Crippen LogP contribution >= 0.6 is 0 Å². The monoisotopic (exact) mass is 590 g/mol. The molecule has 0 heterocycles. The summed E-state index contributed by atoms with van der Waals surface area (Å²) in [6, 6.07) is 3.30. The van der Waals surface area contributed by atoms with Gasteiger partial charge in [-0.3, -0.25) is 19.2 Å². The lowest BCUT2D eigenvalue weighted by Gasteiger charge is -2.35. The topological polar surface area (TPSA) is 157 Å². The molecule has 0 aliphatic heterocycles. The number of hydrogen-bond acceptors (Lipinski definition) is 7. The maximum Gasteiger partial charge on any atom is 0.408 e. The molecule has 1 rings (SSSR count). The molecule has 0 saturated heterocycles. The second-order valence-electron chi connectivity index (χ2n) is 11.6. The number of esters is 1. The number of amides is 4. The van der Waals surface area contributed by atoms with Gasteiger partial charge in [0.1, 0.15) is 24.2 Å². The van der Waals surface area contributed by atoms with Gasteiger partial charge in [0.25, 0.3) is 0 Å². The van der Waals surface area contributed by atoms with Crippen LogP contribution in [0.25, 0.3) is 0 Å². The number of carbonyl (C=O) groups excluding carboxylic acids is 5. The number of hydrogen-bond donors (Lipinski definition) is 3. The summed E-state index contributed by atoms with van der Waals surface area (Å²) < 4.78 is 10.1. The Hall–Kier alpha value is -3.63. The van der Waals surface area contributed by atoms with Gasteiger partial charge in [0.2, 0.25) is 17.7 Å². The van der Waals surface area contributed by atoms with Crippen molar-refractivity contribution in [2.24, 2.45) is 5.73 Å². The molecule has 4 amide bonds. The highest BCUT2D eigenvalue weighted by atomic mass is 16.6. The molecule has 0 saturated carbocycles. The predicted octanol–water partition coefficient (Wildman–Crippen LogP) is 3.98. The predicted molar refractivity (Wildman–Crippen MR) is 160 cm³/mol. The molecular weight excluding hydrogens is 540 g/mol. The van der Waals surface area contributed by atoms with E-state index < -0.39 is 47.5 Å². The molecule has 4 N–H and O–H groups in total. The number of methoxy groups -OCH3 is 1. The first-order chi connectivity index (χ1) is 19.7. The van der Waals surface area contributed by atoms with E-state index in [0.717, 1.165) is 43.2 Å². The fourth-order valence-corrected chi connectivity index (χ4v) is 4.46. The van der Waals surface area contributed by atoms with Crippen LogP contribution in [0.1, 0.15) is 102 Å². The normalized spacial score (nSPS) is 12.5. The van der Waals surface area contributed by atoms with Crippen molar-refractivity contribution >= 4 is 29.8 Å². The molecule has 0 spiro atoms. The molecule has 1 aromatic carbocycles. The summed E-state index contributed by atoms with van der Waals surface area (Å²) in [5.41, 5.74) is 6.80. The highest BCUT2D eigenvalue weighted by molar-refractivity contribution is 5.93. The zero-order valence-electron chi connectivity index (χ0n) is 26.3. The Labute approximate surface area is 250 Å². The molecule has 236 valence electrons. The van der Waals surface area contributed by atoms with Gasteiger partial charge in [-0.1, -0.05) is 62.8 Å². The van der Waals surface area contributed by atoms with Crippen LogP contribution < -0.4 is 16.4 Å². The van der Waals surface area contributed by atoms with Crippen LogP contribution in [0.5, 0.6) is 0 Å². The molecule has 42 heavy (non-hydrogen) atoms. The first-order valence-corrected chi connectivity index (χ1v) is 14.7. The number of nitrogens with zero attached hydrogens (tertiary/aromatic N) is 1. The van der Waals surface area contributed by atoms with Crippen LogP contribution in [-0.4, -0.2) is 66.5 Å². The van der Waals surface area contributed by atoms with E-state index in [9.17, 15) is 24.0 Å². The van der Waals surface area contributed by atoms with Crippen molar-refractivity contribution in [3.8, 4) is 0 Å². The molecule has 1 aromatic rings. The van der Waals surface area contributed by atoms with E-state index in [1.165, 1.54) is 12.0 Å². The van der Waals surface area contributed by atoms with Crippen molar-refractivity contribution in [3.63, 3.8) is 0 Å². The third-order valence-electron chi connectivity index (χ3n) is 6.63. The van der Waals surface area contributed by atoms with Crippen LogP contribution in [-0.2, 0) is 28.7 Å². The summed E-state index contributed by atoms with van der Waals surface area (Å²) in [5, 5.41) is 5.19. The number of aryl methyl sites for hydroxylation is 2.